The van der Waals surface area contributed by atoms with Crippen LogP contribution in [0, 0.1) is 17.9 Å². The summed E-state index contributed by atoms with van der Waals surface area (Å²) < 4.78 is 0. The SMILES string of the molecule is [C-]#[N+]/C(=C/C1=CN=CC1)C(=O)NCc1cccc(CNC(=O)/C(C#N)=C\C2=CN=CC2)c1. The van der Waals surface area contributed by atoms with E-state index in [0.717, 1.165) is 22.3 Å². The maximum Gasteiger partial charge on any atom is 0.262 e. The van der Waals surface area contributed by atoms with Crippen LogP contribution in [-0.4, -0.2) is 24.2 Å². The van der Waals surface area contributed by atoms with Crippen LogP contribution in [0.2, 0.25) is 0 Å². The van der Waals surface area contributed by atoms with Gasteiger partial charge in [0.25, 0.3) is 11.8 Å². The van der Waals surface area contributed by atoms with Crippen LogP contribution in [-0.2, 0) is 22.7 Å². The molecule has 0 bridgehead atoms. The predicted octanol–water partition coefficient (Wildman–Crippen LogP) is 2.89. The number of carbonyl (C=O) groups is 2. The van der Waals surface area contributed by atoms with Crippen LogP contribution in [0.4, 0.5) is 0 Å². The van der Waals surface area contributed by atoms with Gasteiger partial charge in [-0.05, 0) is 34.4 Å². The van der Waals surface area contributed by atoms with Gasteiger partial charge in [-0.15, -0.1) is 0 Å². The number of carbonyl (C=O) groups excluding carboxylic acids is 2. The molecule has 2 amide bonds. The third kappa shape index (κ3) is 6.22. The number of nitrogens with zero attached hydrogens (tertiary/aromatic N) is 4. The van der Waals surface area contributed by atoms with Crippen molar-refractivity contribution in [3.8, 4) is 6.07 Å². The van der Waals surface area contributed by atoms with Gasteiger partial charge in [0.2, 0.25) is 5.70 Å². The molecule has 1 aromatic carbocycles. The number of nitriles is 1. The Bertz CT molecular complexity index is 1100. The molecule has 2 aliphatic rings. The van der Waals surface area contributed by atoms with Gasteiger partial charge in [-0.2, -0.15) is 5.26 Å². The standard InChI is InChI=1S/C24H20N6O2/c1-26-22(11-20-6-8-28-14-20)24(32)30-16-18-4-2-3-17(9-18)15-29-23(31)21(12-25)10-19-5-7-27-13-19/h2-4,7-11,13-14H,5-6,15-16H2,(H,29,31)(H,30,32)/b21-10-,22-11+. The van der Waals surface area contributed by atoms with E-state index in [9.17, 15) is 14.9 Å². The van der Waals surface area contributed by atoms with Crippen LogP contribution >= 0.6 is 0 Å². The smallest absolute Gasteiger partial charge is 0.262 e. The average Bonchev–Trinajstić information content (AvgIpc) is 3.52. The van der Waals surface area contributed by atoms with Crippen molar-refractivity contribution in [3.05, 3.63) is 93.8 Å². The number of benzene rings is 1. The van der Waals surface area contributed by atoms with Crippen molar-refractivity contribution >= 4 is 24.2 Å². The minimum absolute atomic E-state index is 0.00349. The number of amides is 2. The molecule has 0 aromatic heterocycles. The molecule has 8 heteroatoms. The molecule has 0 spiro atoms. The van der Waals surface area contributed by atoms with Crippen LogP contribution in [0.15, 0.2) is 81.2 Å². The average molecular weight is 424 g/mol. The summed E-state index contributed by atoms with van der Waals surface area (Å²) in [4.78, 5) is 35.8. The zero-order chi connectivity index (χ0) is 22.8. The van der Waals surface area contributed by atoms with Gasteiger partial charge in [-0.3, -0.25) is 19.6 Å². The molecule has 0 radical (unpaired) electrons. The van der Waals surface area contributed by atoms with Gasteiger partial charge in [-0.25, -0.2) is 4.85 Å². The van der Waals surface area contributed by atoms with Gasteiger partial charge < -0.3 is 10.6 Å². The Morgan fingerprint density at radius 3 is 2.16 bits per heavy atom. The summed E-state index contributed by atoms with van der Waals surface area (Å²) in [5.41, 5.74) is 3.28. The maximum atomic E-state index is 12.3. The highest BCUT2D eigenvalue weighted by molar-refractivity contribution is 5.98. The lowest BCUT2D eigenvalue weighted by atomic mass is 10.1. The zero-order valence-electron chi connectivity index (χ0n) is 17.2. The lowest BCUT2D eigenvalue weighted by Gasteiger charge is -2.08. The molecule has 0 unspecified atom stereocenters. The Morgan fingerprint density at radius 1 is 1.03 bits per heavy atom. The summed E-state index contributed by atoms with van der Waals surface area (Å²) >= 11 is 0. The first kappa shape index (κ1) is 22.1. The second-order valence-corrected chi connectivity index (χ2v) is 6.98. The van der Waals surface area contributed by atoms with Crippen molar-refractivity contribution in [2.75, 3.05) is 0 Å². The summed E-state index contributed by atoms with van der Waals surface area (Å²) in [6, 6.07) is 9.26. The van der Waals surface area contributed by atoms with E-state index in [1.807, 2.05) is 30.3 Å². The summed E-state index contributed by atoms with van der Waals surface area (Å²) in [5, 5.41) is 14.7. The fourth-order valence-corrected chi connectivity index (χ4v) is 2.97. The lowest BCUT2D eigenvalue weighted by Crippen LogP contribution is -2.25. The fraction of sp³-hybridized carbons (Fsp3) is 0.167. The van der Waals surface area contributed by atoms with E-state index in [1.165, 1.54) is 12.2 Å². The first-order valence-electron chi connectivity index (χ1n) is 9.85. The second-order valence-electron chi connectivity index (χ2n) is 6.98. The topological polar surface area (TPSA) is 111 Å². The Hall–Kier alpha value is -4.56. The summed E-state index contributed by atoms with van der Waals surface area (Å²) in [7, 11) is 0. The number of aliphatic imine (C=N–C) groups is 2. The largest absolute Gasteiger partial charge is 0.357 e. The van der Waals surface area contributed by atoms with Crippen molar-refractivity contribution in [1.82, 2.24) is 10.6 Å². The monoisotopic (exact) mass is 424 g/mol. The van der Waals surface area contributed by atoms with Crippen LogP contribution in [0.3, 0.4) is 0 Å². The molecule has 158 valence electrons. The van der Waals surface area contributed by atoms with E-state index in [1.54, 1.807) is 24.8 Å². The number of nitrogens with one attached hydrogen (secondary N) is 2. The number of allylic oxidation sites excluding steroid dienone is 4. The van der Waals surface area contributed by atoms with Gasteiger partial charge in [-0.1, -0.05) is 24.3 Å². The van der Waals surface area contributed by atoms with Gasteiger partial charge in [0.05, 0.1) is 6.57 Å². The van der Waals surface area contributed by atoms with E-state index >= 15 is 0 Å². The first-order chi connectivity index (χ1) is 15.6. The molecule has 0 aliphatic carbocycles. The molecule has 0 saturated carbocycles. The van der Waals surface area contributed by atoms with Crippen LogP contribution in [0.5, 0.6) is 0 Å². The summed E-state index contributed by atoms with van der Waals surface area (Å²) in [5.74, 6) is -0.920. The van der Waals surface area contributed by atoms with Crippen molar-refractivity contribution in [1.29, 1.82) is 5.26 Å². The molecule has 2 aliphatic heterocycles. The number of hydrogen-bond donors (Lipinski definition) is 2. The van der Waals surface area contributed by atoms with E-state index < -0.39 is 11.8 Å². The van der Waals surface area contributed by atoms with E-state index in [0.29, 0.717) is 12.8 Å². The minimum Gasteiger partial charge on any atom is -0.357 e. The third-order valence-corrected chi connectivity index (χ3v) is 4.61. The summed E-state index contributed by atoms with van der Waals surface area (Å²) in [6.07, 6.45) is 10.9. The lowest BCUT2D eigenvalue weighted by molar-refractivity contribution is -0.118. The van der Waals surface area contributed by atoms with E-state index in [2.05, 4.69) is 25.5 Å². The Labute approximate surface area is 185 Å². The number of hydrogen-bond acceptors (Lipinski definition) is 5. The first-order valence-corrected chi connectivity index (χ1v) is 9.85. The molecular weight excluding hydrogens is 404 g/mol. The number of rotatable bonds is 8. The van der Waals surface area contributed by atoms with Crippen molar-refractivity contribution in [2.45, 2.75) is 25.9 Å². The molecule has 8 nitrogen and oxygen atoms in total. The normalized spacial score (nSPS) is 14.9. The third-order valence-electron chi connectivity index (χ3n) is 4.61. The highest BCUT2D eigenvalue weighted by Crippen LogP contribution is 2.13. The van der Waals surface area contributed by atoms with Crippen LogP contribution < -0.4 is 10.6 Å². The molecular formula is C24H20N6O2. The van der Waals surface area contributed by atoms with Crippen molar-refractivity contribution < 1.29 is 9.59 Å². The Morgan fingerprint density at radius 2 is 1.62 bits per heavy atom. The highest BCUT2D eigenvalue weighted by atomic mass is 16.2. The van der Waals surface area contributed by atoms with Gasteiger partial charge in [0.15, 0.2) is 0 Å². The molecule has 1 aromatic rings. The predicted molar refractivity (Wildman–Crippen MR) is 121 cm³/mol. The Balaban J connectivity index is 1.55. The van der Waals surface area contributed by atoms with Crippen LogP contribution in [0.25, 0.3) is 4.85 Å². The van der Waals surface area contributed by atoms with Gasteiger partial charge >= 0.3 is 0 Å². The van der Waals surface area contributed by atoms with Gasteiger partial charge in [0.1, 0.15) is 11.6 Å². The molecule has 3 rings (SSSR count). The van der Waals surface area contributed by atoms with E-state index in [4.69, 9.17) is 6.57 Å². The summed E-state index contributed by atoms with van der Waals surface area (Å²) in [6.45, 7) is 7.71. The zero-order valence-corrected chi connectivity index (χ0v) is 17.2. The molecule has 0 saturated heterocycles. The molecule has 2 heterocycles. The quantitative estimate of drug-likeness (QED) is 0.380. The second kappa shape index (κ2) is 11.0. The minimum atomic E-state index is -0.462. The molecule has 2 N–H and O–H groups in total. The molecule has 0 fully saturated rings. The fourth-order valence-electron chi connectivity index (χ4n) is 2.97. The van der Waals surface area contributed by atoms with E-state index in [-0.39, 0.29) is 24.4 Å². The van der Waals surface area contributed by atoms with Gasteiger partial charge in [0, 0.05) is 50.8 Å². The molecule has 32 heavy (non-hydrogen) atoms. The van der Waals surface area contributed by atoms with Crippen LogP contribution in [0.1, 0.15) is 24.0 Å². The van der Waals surface area contributed by atoms with Crippen molar-refractivity contribution in [2.24, 2.45) is 9.98 Å². The Kier molecular flexibility index (Phi) is 7.61. The maximum absolute atomic E-state index is 12.3. The molecule has 0 atom stereocenters. The highest BCUT2D eigenvalue weighted by Gasteiger charge is 2.12. The van der Waals surface area contributed by atoms with Crippen molar-refractivity contribution in [3.63, 3.8) is 0 Å².